The Balaban J connectivity index is -0.000000356. The van der Waals surface area contributed by atoms with Crippen molar-refractivity contribution in [2.45, 2.75) is 285 Å². The van der Waals surface area contributed by atoms with Gasteiger partial charge >= 0.3 is 17.9 Å². The SMILES string of the molecule is CCC(CO)(CO)CO.CCCCCCCCCCCCCCC(=O)O.CCCCCCCCCCCCCCC(=O)O.CCCCCCCCCCCCCCC(=O)O. The molecule has 0 unspecified atom stereocenters. The second kappa shape index (κ2) is 57.3. The first-order valence-corrected chi connectivity index (χ1v) is 25.5. The number of rotatable bonds is 43. The van der Waals surface area contributed by atoms with Crippen molar-refractivity contribution < 1.29 is 45.0 Å². The van der Waals surface area contributed by atoms with Gasteiger partial charge in [-0.2, -0.15) is 0 Å². The molecule has 0 aliphatic heterocycles. The molecule has 0 fully saturated rings. The highest BCUT2D eigenvalue weighted by Gasteiger charge is 2.24. The van der Waals surface area contributed by atoms with Crippen molar-refractivity contribution in [1.29, 1.82) is 0 Å². The Morgan fingerprint density at radius 3 is 0.533 bits per heavy atom. The van der Waals surface area contributed by atoms with Gasteiger partial charge in [-0.25, -0.2) is 0 Å². The standard InChI is InChI=1S/3C15H30O2.C6H14O3/c3*1-2-3-4-5-6-7-8-9-10-11-12-13-14-15(16)17;1-2-6(3-7,4-8)5-9/h3*2-14H2,1H3,(H,16,17);7-9H,2-5H2,1H3. The predicted molar refractivity (Wildman–Crippen MR) is 254 cm³/mol. The minimum Gasteiger partial charge on any atom is -0.481 e. The van der Waals surface area contributed by atoms with Gasteiger partial charge in [0.05, 0.1) is 19.8 Å². The zero-order valence-electron chi connectivity index (χ0n) is 40.3. The van der Waals surface area contributed by atoms with Gasteiger partial charge in [-0.3, -0.25) is 14.4 Å². The van der Waals surface area contributed by atoms with E-state index in [4.69, 9.17) is 30.6 Å². The van der Waals surface area contributed by atoms with Gasteiger partial charge < -0.3 is 30.6 Å². The van der Waals surface area contributed by atoms with Crippen molar-refractivity contribution in [3.05, 3.63) is 0 Å². The van der Waals surface area contributed by atoms with E-state index in [0.717, 1.165) is 38.5 Å². The van der Waals surface area contributed by atoms with E-state index in [1.54, 1.807) is 0 Å². The number of carboxylic acids is 3. The zero-order chi connectivity index (χ0) is 45.6. The number of aliphatic hydroxyl groups excluding tert-OH is 3. The predicted octanol–water partition coefficient (Wildman–Crippen LogP) is 14.8. The molecule has 0 spiro atoms. The van der Waals surface area contributed by atoms with Gasteiger partial charge in [0.2, 0.25) is 0 Å². The monoisotopic (exact) mass is 861 g/mol. The van der Waals surface area contributed by atoms with E-state index in [1.807, 2.05) is 6.92 Å². The molecule has 9 nitrogen and oxygen atoms in total. The Labute approximate surface area is 371 Å². The van der Waals surface area contributed by atoms with Crippen LogP contribution in [-0.4, -0.2) is 68.4 Å². The summed E-state index contributed by atoms with van der Waals surface area (Å²) < 4.78 is 0. The van der Waals surface area contributed by atoms with Crippen LogP contribution in [0.4, 0.5) is 0 Å². The fraction of sp³-hybridized carbons (Fsp3) is 0.941. The highest BCUT2D eigenvalue weighted by atomic mass is 16.4. The molecule has 0 amide bonds. The highest BCUT2D eigenvalue weighted by Crippen LogP contribution is 2.18. The van der Waals surface area contributed by atoms with Gasteiger partial charge in [-0.1, -0.05) is 240 Å². The lowest BCUT2D eigenvalue weighted by molar-refractivity contribution is -0.138. The van der Waals surface area contributed by atoms with E-state index < -0.39 is 23.3 Å². The van der Waals surface area contributed by atoms with E-state index in [9.17, 15) is 14.4 Å². The van der Waals surface area contributed by atoms with E-state index in [-0.39, 0.29) is 19.8 Å². The van der Waals surface area contributed by atoms with Crippen molar-refractivity contribution in [2.75, 3.05) is 19.8 Å². The molecule has 0 heterocycles. The maximum atomic E-state index is 10.3. The quantitative estimate of drug-likeness (QED) is 0.0326. The molecule has 362 valence electrons. The minimum absolute atomic E-state index is 0.156. The van der Waals surface area contributed by atoms with Gasteiger partial charge in [-0.15, -0.1) is 0 Å². The largest absolute Gasteiger partial charge is 0.481 e. The summed E-state index contributed by atoms with van der Waals surface area (Å²) in [5.74, 6) is -1.97. The molecule has 0 rings (SSSR count). The number of carboxylic acid groups (broad SMARTS) is 3. The van der Waals surface area contributed by atoms with Crippen molar-refractivity contribution in [2.24, 2.45) is 5.41 Å². The van der Waals surface area contributed by atoms with Crippen molar-refractivity contribution in [3.8, 4) is 0 Å². The van der Waals surface area contributed by atoms with Crippen LogP contribution in [0.25, 0.3) is 0 Å². The number of hydrogen-bond donors (Lipinski definition) is 6. The topological polar surface area (TPSA) is 173 Å². The second-order valence-electron chi connectivity index (χ2n) is 17.4. The molecule has 0 radical (unpaired) electrons. The lowest BCUT2D eigenvalue weighted by Gasteiger charge is -2.24. The lowest BCUT2D eigenvalue weighted by Crippen LogP contribution is -2.32. The normalized spacial score (nSPS) is 10.8. The second-order valence-corrected chi connectivity index (χ2v) is 17.4. The average molecular weight is 861 g/mol. The molecule has 6 N–H and O–H groups in total. The maximum absolute atomic E-state index is 10.3. The lowest BCUT2D eigenvalue weighted by atomic mass is 9.88. The van der Waals surface area contributed by atoms with Crippen LogP contribution in [-0.2, 0) is 14.4 Å². The third-order valence-corrected chi connectivity index (χ3v) is 11.5. The molecule has 0 aromatic heterocycles. The third kappa shape index (κ3) is 62.9. The van der Waals surface area contributed by atoms with Gasteiger partial charge in [0.25, 0.3) is 0 Å². The number of carbonyl (C=O) groups is 3. The highest BCUT2D eigenvalue weighted by molar-refractivity contribution is 5.67. The fourth-order valence-corrected chi connectivity index (χ4v) is 6.84. The summed E-state index contributed by atoms with van der Waals surface area (Å²) in [6.07, 6.45) is 48.0. The van der Waals surface area contributed by atoms with Crippen LogP contribution in [0.5, 0.6) is 0 Å². The molecule has 0 saturated carbocycles. The molecule has 0 aromatic carbocycles. The van der Waals surface area contributed by atoms with Gasteiger partial charge in [-0.05, 0) is 25.7 Å². The Kier molecular flexibility index (Phi) is 62.0. The van der Waals surface area contributed by atoms with Crippen molar-refractivity contribution >= 4 is 17.9 Å². The van der Waals surface area contributed by atoms with Crippen LogP contribution >= 0.6 is 0 Å². The molecule has 60 heavy (non-hydrogen) atoms. The molecular formula is C51H104O9. The first-order valence-electron chi connectivity index (χ1n) is 25.5. The van der Waals surface area contributed by atoms with Crippen LogP contribution < -0.4 is 0 Å². The van der Waals surface area contributed by atoms with Gasteiger partial charge in [0.15, 0.2) is 0 Å². The summed E-state index contributed by atoms with van der Waals surface area (Å²) in [6.45, 7) is 8.12. The number of unbranched alkanes of at least 4 members (excludes halogenated alkanes) is 33. The number of aliphatic carboxylic acids is 3. The summed E-state index contributed by atoms with van der Waals surface area (Å²) in [6, 6.07) is 0. The Morgan fingerprint density at radius 1 is 0.283 bits per heavy atom. The summed E-state index contributed by atoms with van der Waals surface area (Å²) in [5.41, 5.74) is -0.667. The summed E-state index contributed by atoms with van der Waals surface area (Å²) >= 11 is 0. The number of aliphatic hydroxyl groups is 3. The zero-order valence-corrected chi connectivity index (χ0v) is 40.3. The van der Waals surface area contributed by atoms with Gasteiger partial charge in [0, 0.05) is 24.7 Å². The third-order valence-electron chi connectivity index (χ3n) is 11.5. The van der Waals surface area contributed by atoms with Crippen LogP contribution in [0.1, 0.15) is 285 Å². The van der Waals surface area contributed by atoms with Gasteiger partial charge in [0.1, 0.15) is 0 Å². The average Bonchev–Trinajstić information content (AvgIpc) is 3.23. The molecule has 0 atom stereocenters. The summed E-state index contributed by atoms with van der Waals surface area (Å²) in [4.78, 5) is 30.8. The molecule has 0 saturated heterocycles. The smallest absolute Gasteiger partial charge is 0.303 e. The maximum Gasteiger partial charge on any atom is 0.303 e. The minimum atomic E-state index is -0.667. The van der Waals surface area contributed by atoms with Crippen molar-refractivity contribution in [1.82, 2.24) is 0 Å². The molecule has 0 aliphatic carbocycles. The Morgan fingerprint density at radius 2 is 0.433 bits per heavy atom. The first-order chi connectivity index (χ1) is 29.1. The first kappa shape index (κ1) is 64.9. The van der Waals surface area contributed by atoms with Crippen LogP contribution in [0.15, 0.2) is 0 Å². The van der Waals surface area contributed by atoms with Crippen LogP contribution in [0.3, 0.4) is 0 Å². The Hall–Kier alpha value is -1.71. The fourth-order valence-electron chi connectivity index (χ4n) is 6.84. The molecule has 9 heteroatoms. The van der Waals surface area contributed by atoms with E-state index in [1.165, 1.54) is 193 Å². The summed E-state index contributed by atoms with van der Waals surface area (Å²) in [5, 5.41) is 51.4. The molecule has 0 bridgehead atoms. The van der Waals surface area contributed by atoms with Crippen LogP contribution in [0.2, 0.25) is 0 Å². The molecule has 0 aromatic rings. The van der Waals surface area contributed by atoms with Crippen LogP contribution in [0, 0.1) is 5.41 Å². The van der Waals surface area contributed by atoms with E-state index in [2.05, 4.69) is 20.8 Å². The van der Waals surface area contributed by atoms with E-state index in [0.29, 0.717) is 25.7 Å². The van der Waals surface area contributed by atoms with E-state index >= 15 is 0 Å². The summed E-state index contributed by atoms with van der Waals surface area (Å²) in [7, 11) is 0. The molecular weight excluding hydrogens is 757 g/mol. The molecule has 0 aliphatic rings. The van der Waals surface area contributed by atoms with Crippen molar-refractivity contribution in [3.63, 3.8) is 0 Å². The Bertz CT molecular complexity index is 724. The number of hydrogen-bond acceptors (Lipinski definition) is 6.